The van der Waals surface area contributed by atoms with Crippen LogP contribution in [0.25, 0.3) is 0 Å². The van der Waals surface area contributed by atoms with Gasteiger partial charge >= 0.3 is 0 Å². The molecule has 1 amide bonds. The molecule has 1 aromatic heterocycles. The summed E-state index contributed by atoms with van der Waals surface area (Å²) in [5, 5.41) is 6.48. The molecule has 3 rings (SSSR count). The van der Waals surface area contributed by atoms with E-state index in [4.69, 9.17) is 4.42 Å². The summed E-state index contributed by atoms with van der Waals surface area (Å²) in [5.74, 6) is 0.709. The van der Waals surface area contributed by atoms with E-state index in [-0.39, 0.29) is 11.9 Å². The summed E-state index contributed by atoms with van der Waals surface area (Å²) >= 11 is 0. The van der Waals surface area contributed by atoms with Crippen molar-refractivity contribution in [2.75, 3.05) is 5.32 Å². The second kappa shape index (κ2) is 8.23. The molecular formula is C23H26N2O2. The summed E-state index contributed by atoms with van der Waals surface area (Å²) in [6.07, 6.45) is 1.65. The lowest BCUT2D eigenvalue weighted by atomic mass is 10.0. The van der Waals surface area contributed by atoms with Crippen molar-refractivity contribution in [2.45, 2.75) is 39.8 Å². The quantitative estimate of drug-likeness (QED) is 0.655. The van der Waals surface area contributed by atoms with E-state index in [1.165, 1.54) is 5.56 Å². The normalized spacial score (nSPS) is 13.2. The first kappa shape index (κ1) is 18.9. The smallest absolute Gasteiger partial charge is 0.241 e. The Morgan fingerprint density at radius 1 is 0.963 bits per heavy atom. The second-order valence-corrected chi connectivity index (χ2v) is 7.01. The Morgan fingerprint density at radius 2 is 1.63 bits per heavy atom. The lowest BCUT2D eigenvalue weighted by molar-refractivity contribution is -0.117. The molecule has 0 fully saturated rings. The van der Waals surface area contributed by atoms with Gasteiger partial charge in [-0.25, -0.2) is 0 Å². The molecule has 3 aromatic rings. The third kappa shape index (κ3) is 4.47. The van der Waals surface area contributed by atoms with Crippen molar-refractivity contribution >= 4 is 11.6 Å². The predicted octanol–water partition coefficient (Wildman–Crippen LogP) is 4.91. The zero-order valence-electron chi connectivity index (χ0n) is 16.2. The maximum Gasteiger partial charge on any atom is 0.241 e. The summed E-state index contributed by atoms with van der Waals surface area (Å²) in [7, 11) is 0. The fourth-order valence-electron chi connectivity index (χ4n) is 3.38. The monoisotopic (exact) mass is 362 g/mol. The SMILES string of the molecule is Cc1cc(C)c(NC(=O)[C@@H](C)N[C@H](c2ccccc2)c2ccco2)c(C)c1. The molecule has 140 valence electrons. The van der Waals surface area contributed by atoms with Crippen LogP contribution in [0.15, 0.2) is 65.3 Å². The molecule has 0 saturated carbocycles. The highest BCUT2D eigenvalue weighted by molar-refractivity contribution is 5.96. The Hall–Kier alpha value is -2.85. The first-order valence-electron chi connectivity index (χ1n) is 9.19. The molecule has 0 radical (unpaired) electrons. The lowest BCUT2D eigenvalue weighted by Gasteiger charge is -2.23. The molecular weight excluding hydrogens is 336 g/mol. The number of amides is 1. The Balaban J connectivity index is 1.78. The van der Waals surface area contributed by atoms with Gasteiger partial charge in [0.2, 0.25) is 5.91 Å². The predicted molar refractivity (Wildman–Crippen MR) is 109 cm³/mol. The first-order chi connectivity index (χ1) is 13.0. The fourth-order valence-corrected chi connectivity index (χ4v) is 3.38. The van der Waals surface area contributed by atoms with Crippen LogP contribution in [-0.4, -0.2) is 11.9 Å². The highest BCUT2D eigenvalue weighted by atomic mass is 16.3. The lowest BCUT2D eigenvalue weighted by Crippen LogP contribution is -2.40. The zero-order valence-corrected chi connectivity index (χ0v) is 16.2. The summed E-state index contributed by atoms with van der Waals surface area (Å²) in [6, 6.07) is 17.3. The van der Waals surface area contributed by atoms with Gasteiger partial charge in [-0.3, -0.25) is 10.1 Å². The molecule has 4 nitrogen and oxygen atoms in total. The average molecular weight is 362 g/mol. The number of carbonyl (C=O) groups excluding carboxylic acids is 1. The standard InChI is InChI=1S/C23H26N2O2/c1-15-13-16(2)21(17(3)14-15)25-23(26)18(4)24-22(20-11-8-12-27-20)19-9-6-5-7-10-19/h5-14,18,22,24H,1-4H3,(H,25,26)/t18-,22-/m1/s1. The van der Waals surface area contributed by atoms with E-state index in [0.29, 0.717) is 0 Å². The van der Waals surface area contributed by atoms with E-state index in [9.17, 15) is 4.79 Å². The molecule has 27 heavy (non-hydrogen) atoms. The van der Waals surface area contributed by atoms with E-state index < -0.39 is 6.04 Å². The topological polar surface area (TPSA) is 54.3 Å². The summed E-state index contributed by atoms with van der Waals surface area (Å²) in [5.41, 5.74) is 5.26. The maximum atomic E-state index is 12.8. The number of aryl methyl sites for hydroxylation is 3. The number of hydrogen-bond donors (Lipinski definition) is 2. The van der Waals surface area contributed by atoms with Gasteiger partial charge in [0, 0.05) is 5.69 Å². The van der Waals surface area contributed by atoms with Gasteiger partial charge in [-0.1, -0.05) is 48.0 Å². The Kier molecular flexibility index (Phi) is 5.77. The highest BCUT2D eigenvalue weighted by Crippen LogP contribution is 2.24. The van der Waals surface area contributed by atoms with Gasteiger partial charge < -0.3 is 9.73 Å². The van der Waals surface area contributed by atoms with Crippen LogP contribution >= 0.6 is 0 Å². The van der Waals surface area contributed by atoms with Gasteiger partial charge in [0.05, 0.1) is 18.3 Å². The number of benzene rings is 2. The van der Waals surface area contributed by atoms with Gasteiger partial charge in [-0.05, 0) is 56.5 Å². The largest absolute Gasteiger partial charge is 0.467 e. The number of carbonyl (C=O) groups is 1. The molecule has 1 heterocycles. The van der Waals surface area contributed by atoms with Crippen LogP contribution in [0.2, 0.25) is 0 Å². The zero-order chi connectivity index (χ0) is 19.4. The number of nitrogens with one attached hydrogen (secondary N) is 2. The molecule has 0 saturated heterocycles. The number of anilines is 1. The van der Waals surface area contributed by atoms with Gasteiger partial charge in [-0.2, -0.15) is 0 Å². The highest BCUT2D eigenvalue weighted by Gasteiger charge is 2.23. The number of hydrogen-bond acceptors (Lipinski definition) is 3. The van der Waals surface area contributed by atoms with E-state index in [0.717, 1.165) is 28.1 Å². The van der Waals surface area contributed by atoms with Crippen molar-refractivity contribution in [3.63, 3.8) is 0 Å². The third-order valence-electron chi connectivity index (χ3n) is 4.70. The summed E-state index contributed by atoms with van der Waals surface area (Å²) < 4.78 is 5.61. The molecule has 0 aliphatic rings. The van der Waals surface area contributed by atoms with Crippen molar-refractivity contribution in [3.05, 3.63) is 88.9 Å². The van der Waals surface area contributed by atoms with Crippen molar-refractivity contribution in [1.29, 1.82) is 0 Å². The molecule has 0 spiro atoms. The van der Waals surface area contributed by atoms with Gasteiger partial charge in [0.1, 0.15) is 5.76 Å². The molecule has 0 aliphatic heterocycles. The molecule has 4 heteroatoms. The van der Waals surface area contributed by atoms with Crippen LogP contribution in [0.1, 0.15) is 41.0 Å². The van der Waals surface area contributed by atoms with E-state index >= 15 is 0 Å². The molecule has 0 aliphatic carbocycles. The minimum absolute atomic E-state index is 0.0717. The minimum atomic E-state index is -0.402. The molecule has 0 unspecified atom stereocenters. The van der Waals surface area contributed by atoms with E-state index in [1.807, 2.05) is 63.2 Å². The fraction of sp³-hybridized carbons (Fsp3) is 0.261. The van der Waals surface area contributed by atoms with Crippen LogP contribution in [-0.2, 0) is 4.79 Å². The third-order valence-corrected chi connectivity index (χ3v) is 4.70. The summed E-state index contributed by atoms with van der Waals surface area (Å²) in [4.78, 5) is 12.8. The van der Waals surface area contributed by atoms with Crippen molar-refractivity contribution in [3.8, 4) is 0 Å². The Labute approximate surface area is 160 Å². The number of furan rings is 1. The first-order valence-corrected chi connectivity index (χ1v) is 9.19. The van der Waals surface area contributed by atoms with Crippen LogP contribution in [0, 0.1) is 20.8 Å². The van der Waals surface area contributed by atoms with Crippen LogP contribution in [0.5, 0.6) is 0 Å². The van der Waals surface area contributed by atoms with E-state index in [2.05, 4.69) is 29.7 Å². The molecule has 2 N–H and O–H groups in total. The summed E-state index contributed by atoms with van der Waals surface area (Å²) in [6.45, 7) is 7.96. The van der Waals surface area contributed by atoms with Crippen molar-refractivity contribution < 1.29 is 9.21 Å². The van der Waals surface area contributed by atoms with Crippen molar-refractivity contribution in [2.24, 2.45) is 0 Å². The maximum absolute atomic E-state index is 12.8. The Bertz CT molecular complexity index is 878. The molecule has 2 aromatic carbocycles. The van der Waals surface area contributed by atoms with Crippen LogP contribution in [0.3, 0.4) is 0 Å². The average Bonchev–Trinajstić information content (AvgIpc) is 3.17. The van der Waals surface area contributed by atoms with Crippen LogP contribution in [0.4, 0.5) is 5.69 Å². The second-order valence-electron chi connectivity index (χ2n) is 7.01. The number of rotatable bonds is 6. The molecule has 0 bridgehead atoms. The van der Waals surface area contributed by atoms with E-state index in [1.54, 1.807) is 6.26 Å². The molecule has 2 atom stereocenters. The van der Waals surface area contributed by atoms with Gasteiger partial charge in [0.25, 0.3) is 0 Å². The van der Waals surface area contributed by atoms with Gasteiger partial charge in [-0.15, -0.1) is 0 Å². The van der Waals surface area contributed by atoms with Gasteiger partial charge in [0.15, 0.2) is 0 Å². The minimum Gasteiger partial charge on any atom is -0.467 e. The Morgan fingerprint density at radius 3 is 2.22 bits per heavy atom. The van der Waals surface area contributed by atoms with Crippen molar-refractivity contribution in [1.82, 2.24) is 5.32 Å². The van der Waals surface area contributed by atoms with Crippen LogP contribution < -0.4 is 10.6 Å².